The highest BCUT2D eigenvalue weighted by Crippen LogP contribution is 2.37. The van der Waals surface area contributed by atoms with Gasteiger partial charge in [0.2, 0.25) is 5.91 Å². The van der Waals surface area contributed by atoms with Crippen LogP contribution in [0.15, 0.2) is 27.6 Å². The smallest absolute Gasteiger partial charge is 0.225 e. The second-order valence-electron chi connectivity index (χ2n) is 5.42. The summed E-state index contributed by atoms with van der Waals surface area (Å²) in [6.07, 6.45) is 1.20. The molecule has 1 aliphatic rings. The number of fused-ring (bicyclic) bond motifs is 1. The number of hydrogen-bond donors (Lipinski definition) is 1. The summed E-state index contributed by atoms with van der Waals surface area (Å²) in [7, 11) is 0. The first-order valence-electron chi connectivity index (χ1n) is 7.18. The summed E-state index contributed by atoms with van der Waals surface area (Å²) < 4.78 is 5.11. The lowest BCUT2D eigenvalue weighted by molar-refractivity contribution is -0.121. The topological polar surface area (TPSA) is 55.1 Å². The third-order valence-corrected chi connectivity index (χ3v) is 5.22. The van der Waals surface area contributed by atoms with Gasteiger partial charge in [0.1, 0.15) is 5.76 Å². The minimum Gasteiger partial charge on any atom is -0.361 e. The molecule has 0 spiro atoms. The molecule has 2 heterocycles. The average molecular weight is 337 g/mol. The highest BCUT2D eigenvalue weighted by Gasteiger charge is 2.23. The first kappa shape index (κ1) is 15.4. The van der Waals surface area contributed by atoms with Crippen molar-refractivity contribution in [3.63, 3.8) is 0 Å². The molecule has 1 N–H and O–H groups in total. The minimum atomic E-state index is -0.0165. The van der Waals surface area contributed by atoms with Crippen molar-refractivity contribution in [3.8, 4) is 0 Å². The molecule has 0 radical (unpaired) electrons. The van der Waals surface area contributed by atoms with Gasteiger partial charge in [0.25, 0.3) is 0 Å². The summed E-state index contributed by atoms with van der Waals surface area (Å²) in [6, 6.07) is 5.88. The molecule has 0 saturated carbocycles. The zero-order chi connectivity index (χ0) is 15.7. The van der Waals surface area contributed by atoms with Gasteiger partial charge in [-0.05, 0) is 44.0 Å². The predicted molar refractivity (Wildman–Crippen MR) is 87.4 cm³/mol. The molecule has 1 atom stereocenters. The van der Waals surface area contributed by atoms with Crippen molar-refractivity contribution in [3.05, 3.63) is 45.8 Å². The predicted octanol–water partition coefficient (Wildman–Crippen LogP) is 3.84. The van der Waals surface area contributed by atoms with Crippen LogP contribution in [-0.2, 0) is 11.2 Å². The van der Waals surface area contributed by atoms with E-state index in [4.69, 9.17) is 16.1 Å². The van der Waals surface area contributed by atoms with Crippen molar-refractivity contribution in [2.45, 2.75) is 37.6 Å². The largest absolute Gasteiger partial charge is 0.361 e. The number of aromatic nitrogens is 1. The average Bonchev–Trinajstić information content (AvgIpc) is 2.80. The molecule has 1 aromatic carbocycles. The number of amides is 1. The zero-order valence-corrected chi connectivity index (χ0v) is 14.1. The van der Waals surface area contributed by atoms with Gasteiger partial charge >= 0.3 is 0 Å². The minimum absolute atomic E-state index is 0.0165. The lowest BCUT2D eigenvalue weighted by Gasteiger charge is -2.26. The molecule has 0 saturated heterocycles. The first-order chi connectivity index (χ1) is 10.5. The van der Waals surface area contributed by atoms with Crippen molar-refractivity contribution >= 4 is 29.3 Å². The zero-order valence-electron chi connectivity index (χ0n) is 12.5. The number of carbonyl (C=O) groups is 1. The Morgan fingerprint density at radius 3 is 3.05 bits per heavy atom. The van der Waals surface area contributed by atoms with Crippen LogP contribution in [0, 0.1) is 13.8 Å². The second-order valence-corrected chi connectivity index (χ2v) is 6.99. The van der Waals surface area contributed by atoms with Gasteiger partial charge in [-0.25, -0.2) is 0 Å². The standard InChI is InChI=1S/C16H17ClN2O2S/c1-9-12(10(2)21-19-9)8-16(20)18-14-5-6-22-15-4-3-11(17)7-13(14)15/h3-4,7,14H,5-6,8H2,1-2H3,(H,18,20)/t14-/m1/s1. The maximum atomic E-state index is 12.4. The third-order valence-electron chi connectivity index (χ3n) is 3.87. The SMILES string of the molecule is Cc1noc(C)c1CC(=O)N[C@@H]1CCSc2ccc(Cl)cc21. The number of benzene rings is 1. The Morgan fingerprint density at radius 1 is 1.50 bits per heavy atom. The van der Waals surface area contributed by atoms with E-state index in [1.54, 1.807) is 11.8 Å². The molecule has 0 fully saturated rings. The molecule has 4 nitrogen and oxygen atoms in total. The van der Waals surface area contributed by atoms with Crippen LogP contribution < -0.4 is 5.32 Å². The van der Waals surface area contributed by atoms with E-state index in [1.807, 2.05) is 32.0 Å². The fourth-order valence-corrected chi connectivity index (χ4v) is 3.96. The van der Waals surface area contributed by atoms with Crippen LogP contribution in [0.4, 0.5) is 0 Å². The van der Waals surface area contributed by atoms with Gasteiger partial charge in [-0.2, -0.15) is 0 Å². The first-order valence-corrected chi connectivity index (χ1v) is 8.54. The van der Waals surface area contributed by atoms with Crippen molar-refractivity contribution in [2.24, 2.45) is 0 Å². The number of nitrogens with zero attached hydrogens (tertiary/aromatic N) is 1. The second kappa shape index (κ2) is 6.34. The Morgan fingerprint density at radius 2 is 2.32 bits per heavy atom. The maximum absolute atomic E-state index is 12.4. The van der Waals surface area contributed by atoms with Crippen LogP contribution >= 0.6 is 23.4 Å². The van der Waals surface area contributed by atoms with Crippen molar-refractivity contribution in [1.29, 1.82) is 0 Å². The van der Waals surface area contributed by atoms with Crippen molar-refractivity contribution in [2.75, 3.05) is 5.75 Å². The summed E-state index contributed by atoms with van der Waals surface area (Å²) in [6.45, 7) is 3.68. The van der Waals surface area contributed by atoms with Crippen LogP contribution in [0.3, 0.4) is 0 Å². The molecule has 1 aromatic heterocycles. The molecule has 1 amide bonds. The van der Waals surface area contributed by atoms with Gasteiger partial charge in [-0.15, -0.1) is 11.8 Å². The number of thioether (sulfide) groups is 1. The summed E-state index contributed by atoms with van der Waals surface area (Å²) in [5, 5.41) is 7.70. The molecule has 0 unspecified atom stereocenters. The van der Waals surface area contributed by atoms with Gasteiger partial charge in [-0.1, -0.05) is 16.8 Å². The van der Waals surface area contributed by atoms with Crippen molar-refractivity contribution < 1.29 is 9.32 Å². The van der Waals surface area contributed by atoms with Gasteiger partial charge < -0.3 is 9.84 Å². The number of aryl methyl sites for hydroxylation is 2. The Kier molecular flexibility index (Phi) is 4.45. The summed E-state index contributed by atoms with van der Waals surface area (Å²) in [5.41, 5.74) is 2.75. The van der Waals surface area contributed by atoms with E-state index in [0.29, 0.717) is 17.2 Å². The van der Waals surface area contributed by atoms with E-state index in [9.17, 15) is 4.79 Å². The molecule has 2 aromatic rings. The van der Waals surface area contributed by atoms with Gasteiger partial charge in [0, 0.05) is 21.2 Å². The van der Waals surface area contributed by atoms with Gasteiger partial charge in [0.05, 0.1) is 18.2 Å². The number of halogens is 1. The molecular formula is C16H17ClN2O2S. The fourth-order valence-electron chi connectivity index (χ4n) is 2.68. The Hall–Kier alpha value is -1.46. The molecule has 22 heavy (non-hydrogen) atoms. The lowest BCUT2D eigenvalue weighted by atomic mass is 10.0. The van der Waals surface area contributed by atoms with E-state index >= 15 is 0 Å². The molecule has 0 aliphatic carbocycles. The van der Waals surface area contributed by atoms with Gasteiger partial charge in [-0.3, -0.25) is 4.79 Å². The fraction of sp³-hybridized carbons (Fsp3) is 0.375. The molecule has 116 valence electrons. The van der Waals surface area contributed by atoms with Gasteiger partial charge in [0.15, 0.2) is 0 Å². The molecule has 1 aliphatic heterocycles. The Bertz CT molecular complexity index is 695. The maximum Gasteiger partial charge on any atom is 0.225 e. The van der Waals surface area contributed by atoms with E-state index in [2.05, 4.69) is 10.5 Å². The molecular weight excluding hydrogens is 320 g/mol. The highest BCUT2D eigenvalue weighted by atomic mass is 35.5. The van der Waals surface area contributed by atoms with Crippen LogP contribution in [-0.4, -0.2) is 16.8 Å². The van der Waals surface area contributed by atoms with E-state index in [0.717, 1.165) is 29.0 Å². The number of carbonyl (C=O) groups excluding carboxylic acids is 1. The Balaban J connectivity index is 1.74. The van der Waals surface area contributed by atoms with Crippen LogP contribution in [0.25, 0.3) is 0 Å². The summed E-state index contributed by atoms with van der Waals surface area (Å²) >= 11 is 7.90. The number of nitrogens with one attached hydrogen (secondary N) is 1. The molecule has 6 heteroatoms. The lowest BCUT2D eigenvalue weighted by Crippen LogP contribution is -2.32. The third kappa shape index (κ3) is 3.15. The van der Waals surface area contributed by atoms with E-state index in [-0.39, 0.29) is 11.9 Å². The van der Waals surface area contributed by atoms with Crippen LogP contribution in [0.1, 0.15) is 35.0 Å². The van der Waals surface area contributed by atoms with Crippen LogP contribution in [0.5, 0.6) is 0 Å². The van der Waals surface area contributed by atoms with Crippen molar-refractivity contribution in [1.82, 2.24) is 10.5 Å². The summed E-state index contributed by atoms with van der Waals surface area (Å²) in [5.74, 6) is 1.68. The number of rotatable bonds is 3. The number of hydrogen-bond acceptors (Lipinski definition) is 4. The monoisotopic (exact) mass is 336 g/mol. The van der Waals surface area contributed by atoms with Crippen LogP contribution in [0.2, 0.25) is 5.02 Å². The molecule has 3 rings (SSSR count). The van der Waals surface area contributed by atoms with E-state index < -0.39 is 0 Å². The molecule has 0 bridgehead atoms. The quantitative estimate of drug-likeness (QED) is 0.925. The van der Waals surface area contributed by atoms with E-state index in [1.165, 1.54) is 4.90 Å². The summed E-state index contributed by atoms with van der Waals surface area (Å²) in [4.78, 5) is 13.6. The normalized spacial score (nSPS) is 17.1. The highest BCUT2D eigenvalue weighted by molar-refractivity contribution is 7.99. The Labute approximate surface area is 138 Å².